The van der Waals surface area contributed by atoms with Crippen LogP contribution in [0, 0.1) is 17.6 Å². The number of rotatable bonds is 6. The van der Waals surface area contributed by atoms with Gasteiger partial charge in [0.25, 0.3) is 0 Å². The van der Waals surface area contributed by atoms with E-state index in [9.17, 15) is 22.3 Å². The highest BCUT2D eigenvalue weighted by Crippen LogP contribution is 2.41. The first-order valence-electron chi connectivity index (χ1n) is 10.5. The minimum atomic E-state index is -2.08. The Balaban J connectivity index is 1.85. The number of hydrogen-bond acceptors (Lipinski definition) is 7. The van der Waals surface area contributed by atoms with Crippen LogP contribution in [0.15, 0.2) is 44.4 Å². The molecule has 13 heteroatoms. The van der Waals surface area contributed by atoms with Crippen LogP contribution >= 0.6 is 27.3 Å². The van der Waals surface area contributed by atoms with E-state index in [0.29, 0.717) is 42.5 Å². The third kappa shape index (κ3) is 4.98. The standard InChI is InChI=1S/C21H21BrF2N4O4S2/c1-2-32-21(29)14-17(11-5-8-28(9-6-11)34(30)31)26-19(20-25-7-10-33-20)27-18(14)12-3-4-13(23)16(24)15(12)22/h3-4,7,10-11,18H,2,5-6,8-9H2,1H3,(H,26,27)(H,30,31)/t18-/m0/s1. The SMILES string of the molecule is CCOC(=O)C1=C(C2CCN(S(=O)O)CC2)NC(c2nccs2)=N[C@H]1c1ccc(F)c(F)c1Br. The second-order valence-electron chi connectivity index (χ2n) is 7.59. The lowest BCUT2D eigenvalue weighted by Crippen LogP contribution is -2.41. The Hall–Kier alpha value is -2.06. The molecule has 2 aromatic rings. The van der Waals surface area contributed by atoms with Crippen LogP contribution in [-0.4, -0.2) is 49.6 Å². The number of nitrogens with zero attached hydrogens (tertiary/aromatic N) is 3. The van der Waals surface area contributed by atoms with Gasteiger partial charge in [0, 0.05) is 36.3 Å². The summed E-state index contributed by atoms with van der Waals surface area (Å²) in [5, 5.41) is 5.59. The van der Waals surface area contributed by atoms with Crippen molar-refractivity contribution in [3.8, 4) is 0 Å². The summed E-state index contributed by atoms with van der Waals surface area (Å²) in [5.41, 5.74) is 1.00. The molecule has 0 amide bonds. The molecule has 4 rings (SSSR count). The summed E-state index contributed by atoms with van der Waals surface area (Å²) in [7, 11) is 0. The second-order valence-corrected chi connectivity index (χ2v) is 10.3. The first-order valence-corrected chi connectivity index (χ1v) is 13.2. The van der Waals surface area contributed by atoms with Crippen molar-refractivity contribution in [1.29, 1.82) is 0 Å². The smallest absolute Gasteiger partial charge is 0.338 e. The van der Waals surface area contributed by atoms with Crippen molar-refractivity contribution in [3.63, 3.8) is 0 Å². The molecule has 2 N–H and O–H groups in total. The molecule has 0 aliphatic carbocycles. The minimum absolute atomic E-state index is 0.117. The average Bonchev–Trinajstić information content (AvgIpc) is 3.37. The maximum atomic E-state index is 14.5. The van der Waals surface area contributed by atoms with Crippen molar-refractivity contribution in [2.45, 2.75) is 25.8 Å². The fourth-order valence-corrected chi connectivity index (χ4v) is 5.70. The quantitative estimate of drug-likeness (QED) is 0.307. The molecule has 0 bridgehead atoms. The molecule has 1 fully saturated rings. The number of thiazole rings is 1. The summed E-state index contributed by atoms with van der Waals surface area (Å²) in [5.74, 6) is -2.52. The fraction of sp³-hybridized carbons (Fsp3) is 0.381. The maximum absolute atomic E-state index is 14.5. The van der Waals surface area contributed by atoms with E-state index < -0.39 is 34.9 Å². The molecule has 1 saturated heterocycles. The van der Waals surface area contributed by atoms with Gasteiger partial charge in [-0.2, -0.15) is 0 Å². The Morgan fingerprint density at radius 1 is 1.38 bits per heavy atom. The first-order chi connectivity index (χ1) is 16.3. The molecule has 1 unspecified atom stereocenters. The highest BCUT2D eigenvalue weighted by Gasteiger charge is 2.38. The van der Waals surface area contributed by atoms with Crippen molar-refractivity contribution < 1.29 is 27.1 Å². The summed E-state index contributed by atoms with van der Waals surface area (Å²) in [6.45, 7) is 2.49. The van der Waals surface area contributed by atoms with Gasteiger partial charge in [-0.1, -0.05) is 6.07 Å². The predicted molar refractivity (Wildman–Crippen MR) is 127 cm³/mol. The van der Waals surface area contributed by atoms with Crippen LogP contribution in [0.4, 0.5) is 8.78 Å². The number of nitrogens with one attached hydrogen (secondary N) is 1. The molecule has 1 aromatic carbocycles. The van der Waals surface area contributed by atoms with E-state index in [-0.39, 0.29) is 28.1 Å². The van der Waals surface area contributed by atoms with Crippen molar-refractivity contribution >= 4 is 50.3 Å². The number of benzene rings is 1. The van der Waals surface area contributed by atoms with Gasteiger partial charge < -0.3 is 10.1 Å². The zero-order valence-electron chi connectivity index (χ0n) is 18.0. The number of ether oxygens (including phenoxy) is 1. The first kappa shape index (κ1) is 25.0. The number of hydrogen-bond donors (Lipinski definition) is 2. The number of allylic oxidation sites excluding steroid dienone is 1. The topological polar surface area (TPSA) is 104 Å². The highest BCUT2D eigenvalue weighted by atomic mass is 79.9. The monoisotopic (exact) mass is 574 g/mol. The Bertz CT molecular complexity index is 1170. The Morgan fingerprint density at radius 2 is 2.12 bits per heavy atom. The summed E-state index contributed by atoms with van der Waals surface area (Å²) in [6, 6.07) is 1.40. The van der Waals surface area contributed by atoms with Crippen LogP contribution in [0.2, 0.25) is 0 Å². The number of aromatic nitrogens is 1. The van der Waals surface area contributed by atoms with E-state index in [2.05, 4.69) is 31.2 Å². The van der Waals surface area contributed by atoms with Crippen LogP contribution in [0.1, 0.15) is 36.4 Å². The van der Waals surface area contributed by atoms with E-state index in [1.807, 2.05) is 0 Å². The van der Waals surface area contributed by atoms with Gasteiger partial charge in [-0.3, -0.25) is 9.55 Å². The summed E-state index contributed by atoms with van der Waals surface area (Å²) in [4.78, 5) is 22.2. The number of aliphatic imine (C=N–C) groups is 1. The van der Waals surface area contributed by atoms with Crippen molar-refractivity contribution in [1.82, 2.24) is 14.6 Å². The number of halogens is 3. The van der Waals surface area contributed by atoms with Gasteiger partial charge in [0.15, 0.2) is 22.5 Å². The predicted octanol–water partition coefficient (Wildman–Crippen LogP) is 3.94. The Labute approximate surface area is 209 Å². The van der Waals surface area contributed by atoms with Crippen LogP contribution < -0.4 is 5.32 Å². The van der Waals surface area contributed by atoms with Crippen molar-refractivity contribution in [2.24, 2.45) is 10.9 Å². The van der Waals surface area contributed by atoms with Crippen molar-refractivity contribution in [3.05, 3.63) is 61.7 Å². The number of carbonyl (C=O) groups excluding carboxylic acids is 1. The van der Waals surface area contributed by atoms with E-state index in [4.69, 9.17) is 4.74 Å². The molecular formula is C21H21BrF2N4O4S2. The van der Waals surface area contributed by atoms with Gasteiger partial charge in [-0.05, 0) is 47.3 Å². The molecule has 2 aliphatic rings. The number of esters is 1. The Kier molecular flexibility index (Phi) is 7.87. The fourth-order valence-electron chi connectivity index (χ4n) is 4.05. The minimum Gasteiger partial charge on any atom is -0.463 e. The van der Waals surface area contributed by atoms with E-state index >= 15 is 0 Å². The normalized spacial score (nSPS) is 20.6. The second kappa shape index (κ2) is 10.7. The van der Waals surface area contributed by atoms with Crippen molar-refractivity contribution in [2.75, 3.05) is 19.7 Å². The molecule has 0 saturated carbocycles. The van der Waals surface area contributed by atoms with Gasteiger partial charge in [0.05, 0.1) is 16.7 Å². The largest absolute Gasteiger partial charge is 0.463 e. The lowest BCUT2D eigenvalue weighted by atomic mass is 9.86. The molecule has 2 aliphatic heterocycles. The molecular weight excluding hydrogens is 554 g/mol. The molecule has 2 atom stereocenters. The number of amidine groups is 1. The molecule has 0 radical (unpaired) electrons. The zero-order valence-corrected chi connectivity index (χ0v) is 21.2. The zero-order chi connectivity index (χ0) is 24.4. The third-order valence-corrected chi connectivity index (χ3v) is 8.04. The van der Waals surface area contributed by atoms with E-state index in [1.54, 1.807) is 18.5 Å². The summed E-state index contributed by atoms with van der Waals surface area (Å²) < 4.78 is 55.9. The lowest BCUT2D eigenvalue weighted by Gasteiger charge is -2.35. The highest BCUT2D eigenvalue weighted by molar-refractivity contribution is 9.10. The summed E-state index contributed by atoms with van der Waals surface area (Å²) >= 11 is 2.39. The van der Waals surface area contributed by atoms with Gasteiger partial charge in [-0.15, -0.1) is 11.3 Å². The average molecular weight is 575 g/mol. The molecule has 1 aromatic heterocycles. The molecule has 3 heterocycles. The number of carbonyl (C=O) groups is 1. The van der Waals surface area contributed by atoms with Gasteiger partial charge in [0.1, 0.15) is 6.04 Å². The van der Waals surface area contributed by atoms with Gasteiger partial charge in [0.2, 0.25) is 11.3 Å². The Morgan fingerprint density at radius 3 is 2.74 bits per heavy atom. The third-order valence-electron chi connectivity index (χ3n) is 5.65. The van der Waals surface area contributed by atoms with Crippen LogP contribution in [0.25, 0.3) is 0 Å². The van der Waals surface area contributed by atoms with E-state index in [0.717, 1.165) is 6.07 Å². The van der Waals surface area contributed by atoms with Crippen LogP contribution in [-0.2, 0) is 20.8 Å². The maximum Gasteiger partial charge on any atom is 0.338 e. The number of piperidine rings is 1. The molecule has 8 nitrogen and oxygen atoms in total. The molecule has 0 spiro atoms. The van der Waals surface area contributed by atoms with Crippen LogP contribution in [0.5, 0.6) is 0 Å². The van der Waals surface area contributed by atoms with Gasteiger partial charge >= 0.3 is 5.97 Å². The molecule has 34 heavy (non-hydrogen) atoms. The lowest BCUT2D eigenvalue weighted by molar-refractivity contribution is -0.139. The van der Waals surface area contributed by atoms with E-state index in [1.165, 1.54) is 21.7 Å². The van der Waals surface area contributed by atoms with Gasteiger partial charge in [-0.25, -0.2) is 27.1 Å². The molecule has 182 valence electrons. The van der Waals surface area contributed by atoms with Crippen LogP contribution in [0.3, 0.4) is 0 Å². The summed E-state index contributed by atoms with van der Waals surface area (Å²) in [6.07, 6.45) is 2.61.